The number of H-pyrrole nitrogens is 1. The molecule has 3 rings (SSSR count). The second-order valence-corrected chi connectivity index (χ2v) is 4.84. The monoisotopic (exact) mass is 296 g/mol. The number of morpholine rings is 1. The lowest BCUT2D eigenvalue weighted by Crippen LogP contribution is -2.36. The molecule has 0 amide bonds. The lowest BCUT2D eigenvalue weighted by atomic mass is 10.1. The minimum absolute atomic E-state index is 0.290. The van der Waals surface area contributed by atoms with Crippen molar-refractivity contribution in [1.82, 2.24) is 10.1 Å². The first kappa shape index (κ1) is 13.0. The number of nitrogens with one attached hydrogen (secondary N) is 1. The summed E-state index contributed by atoms with van der Waals surface area (Å²) in [5.74, 6) is -0.332. The van der Waals surface area contributed by atoms with Gasteiger partial charge < -0.3 is 15.4 Å². The van der Waals surface area contributed by atoms with Gasteiger partial charge in [0.15, 0.2) is 5.82 Å². The highest BCUT2D eigenvalue weighted by Gasteiger charge is 2.18. The third-order valence-corrected chi connectivity index (χ3v) is 3.47. The molecule has 1 aromatic heterocycles. The molecule has 1 saturated heterocycles. The fraction of sp³-hybridized carbons (Fsp3) is 0.333. The average molecular weight is 297 g/mol. The number of hydrogen-bond acceptors (Lipinski definition) is 6. The quantitative estimate of drug-likeness (QED) is 0.806. The zero-order valence-electron chi connectivity index (χ0n) is 10.6. The van der Waals surface area contributed by atoms with Gasteiger partial charge in [-0.1, -0.05) is 16.8 Å². The number of aromatic nitrogens is 2. The van der Waals surface area contributed by atoms with E-state index < -0.39 is 5.76 Å². The predicted molar refractivity (Wildman–Crippen MR) is 75.0 cm³/mol. The van der Waals surface area contributed by atoms with E-state index in [-0.39, 0.29) is 0 Å². The molecule has 0 spiro atoms. The summed E-state index contributed by atoms with van der Waals surface area (Å²) in [7, 11) is 0. The molecule has 2 aromatic rings. The van der Waals surface area contributed by atoms with Crippen molar-refractivity contribution in [2.24, 2.45) is 0 Å². The van der Waals surface area contributed by atoms with Gasteiger partial charge in [0.2, 0.25) is 0 Å². The molecule has 0 aliphatic carbocycles. The fourth-order valence-electron chi connectivity index (χ4n) is 2.17. The number of anilines is 2. The summed E-state index contributed by atoms with van der Waals surface area (Å²) >= 11 is 6.25. The Hall–Kier alpha value is -1.99. The van der Waals surface area contributed by atoms with Crippen LogP contribution in [0, 0.1) is 0 Å². The Balaban J connectivity index is 2.04. The summed E-state index contributed by atoms with van der Waals surface area (Å²) in [4.78, 5) is 15.6. The summed E-state index contributed by atoms with van der Waals surface area (Å²) < 4.78 is 9.82. The largest absolute Gasteiger partial charge is 0.439 e. The molecular weight excluding hydrogens is 284 g/mol. The molecule has 3 N–H and O–H groups in total. The lowest BCUT2D eigenvalue weighted by Gasteiger charge is -2.30. The standard InChI is InChI=1S/C12H13ClN4O3/c13-8-6-9(14)7(11-15-12(18)20-16-11)5-10(8)17-1-3-19-4-2-17/h5-6H,1-4,14H2,(H,15,16,18). The number of halogens is 1. The predicted octanol–water partition coefficient (Wildman–Crippen LogP) is 1.10. The van der Waals surface area contributed by atoms with Crippen LogP contribution in [0.25, 0.3) is 11.4 Å². The SMILES string of the molecule is Nc1cc(Cl)c(N2CCOCC2)cc1-c1noc(=O)[nH]1. The van der Waals surface area contributed by atoms with Crippen LogP contribution in [0.1, 0.15) is 0 Å². The van der Waals surface area contributed by atoms with Crippen LogP contribution in [0.2, 0.25) is 5.02 Å². The van der Waals surface area contributed by atoms with Crippen molar-refractivity contribution in [2.75, 3.05) is 36.9 Å². The third-order valence-electron chi connectivity index (χ3n) is 3.17. The van der Waals surface area contributed by atoms with Crippen LogP contribution in [-0.2, 0) is 4.74 Å². The second kappa shape index (κ2) is 5.18. The van der Waals surface area contributed by atoms with E-state index in [0.717, 1.165) is 18.8 Å². The van der Waals surface area contributed by atoms with Crippen LogP contribution in [0.3, 0.4) is 0 Å². The molecule has 0 saturated carbocycles. The fourth-order valence-corrected chi connectivity index (χ4v) is 2.47. The summed E-state index contributed by atoms with van der Waals surface area (Å²) in [5, 5.41) is 4.21. The summed E-state index contributed by atoms with van der Waals surface area (Å²) in [6, 6.07) is 3.45. The van der Waals surface area contributed by atoms with Gasteiger partial charge in [0.25, 0.3) is 0 Å². The van der Waals surface area contributed by atoms with Crippen LogP contribution in [0.5, 0.6) is 0 Å². The van der Waals surface area contributed by atoms with E-state index in [9.17, 15) is 4.79 Å². The summed E-state index contributed by atoms with van der Waals surface area (Å²) in [6.45, 7) is 2.80. The van der Waals surface area contributed by atoms with E-state index in [4.69, 9.17) is 22.1 Å². The first-order valence-electron chi connectivity index (χ1n) is 6.13. The topological polar surface area (TPSA) is 97.4 Å². The number of aromatic amines is 1. The third kappa shape index (κ3) is 2.37. The number of hydrogen-bond donors (Lipinski definition) is 2. The van der Waals surface area contributed by atoms with Crippen LogP contribution < -0.4 is 16.4 Å². The van der Waals surface area contributed by atoms with Crippen LogP contribution >= 0.6 is 11.6 Å². The number of benzene rings is 1. The Kier molecular flexibility index (Phi) is 3.37. The lowest BCUT2D eigenvalue weighted by molar-refractivity contribution is 0.122. The molecule has 7 nitrogen and oxygen atoms in total. The van der Waals surface area contributed by atoms with Gasteiger partial charge in [-0.3, -0.25) is 9.51 Å². The molecule has 0 radical (unpaired) electrons. The van der Waals surface area contributed by atoms with Gasteiger partial charge in [-0.25, -0.2) is 4.79 Å². The van der Waals surface area contributed by atoms with Gasteiger partial charge in [0.05, 0.1) is 23.9 Å². The van der Waals surface area contributed by atoms with E-state index in [2.05, 4.69) is 19.6 Å². The molecule has 0 atom stereocenters. The summed E-state index contributed by atoms with van der Waals surface area (Å²) in [6.07, 6.45) is 0. The molecule has 1 aromatic carbocycles. The Morgan fingerprint density at radius 2 is 2.10 bits per heavy atom. The van der Waals surface area contributed by atoms with Gasteiger partial charge in [-0.05, 0) is 12.1 Å². The first-order valence-corrected chi connectivity index (χ1v) is 6.51. The minimum Gasteiger partial charge on any atom is -0.398 e. The molecule has 20 heavy (non-hydrogen) atoms. The molecule has 0 bridgehead atoms. The zero-order valence-corrected chi connectivity index (χ0v) is 11.3. The molecule has 106 valence electrons. The Morgan fingerprint density at radius 1 is 1.35 bits per heavy atom. The van der Waals surface area contributed by atoms with Crippen LogP contribution in [0.4, 0.5) is 11.4 Å². The van der Waals surface area contributed by atoms with Crippen molar-refractivity contribution in [1.29, 1.82) is 0 Å². The Bertz CT molecular complexity index is 676. The second-order valence-electron chi connectivity index (χ2n) is 4.43. The molecule has 8 heteroatoms. The maximum atomic E-state index is 11.0. The van der Waals surface area contributed by atoms with E-state index >= 15 is 0 Å². The van der Waals surface area contributed by atoms with E-state index in [0.29, 0.717) is 35.3 Å². The number of rotatable bonds is 2. The minimum atomic E-state index is -0.623. The first-order chi connectivity index (χ1) is 9.65. The van der Waals surface area contributed by atoms with Gasteiger partial charge in [0.1, 0.15) is 0 Å². The number of nitrogens with two attached hydrogens (primary N) is 1. The molecule has 2 heterocycles. The number of nitrogens with zero attached hydrogens (tertiary/aromatic N) is 2. The van der Waals surface area contributed by atoms with Crippen molar-refractivity contribution in [3.05, 3.63) is 27.7 Å². The maximum absolute atomic E-state index is 11.0. The van der Waals surface area contributed by atoms with Crippen molar-refractivity contribution < 1.29 is 9.26 Å². The van der Waals surface area contributed by atoms with Gasteiger partial charge in [0, 0.05) is 24.3 Å². The van der Waals surface area contributed by atoms with Crippen molar-refractivity contribution in [3.63, 3.8) is 0 Å². The van der Waals surface area contributed by atoms with Crippen LogP contribution in [0.15, 0.2) is 21.5 Å². The van der Waals surface area contributed by atoms with Crippen molar-refractivity contribution >= 4 is 23.0 Å². The summed E-state index contributed by atoms with van der Waals surface area (Å²) in [5.41, 5.74) is 7.78. The normalized spacial score (nSPS) is 15.6. The Morgan fingerprint density at radius 3 is 2.75 bits per heavy atom. The molecule has 1 fully saturated rings. The highest BCUT2D eigenvalue weighted by molar-refractivity contribution is 6.33. The van der Waals surface area contributed by atoms with Crippen molar-refractivity contribution in [2.45, 2.75) is 0 Å². The van der Waals surface area contributed by atoms with Gasteiger partial charge >= 0.3 is 5.76 Å². The molecule has 1 aliphatic rings. The number of nitrogen functional groups attached to an aromatic ring is 1. The van der Waals surface area contributed by atoms with E-state index in [1.165, 1.54) is 0 Å². The van der Waals surface area contributed by atoms with Gasteiger partial charge in [-0.15, -0.1) is 0 Å². The average Bonchev–Trinajstić information content (AvgIpc) is 2.86. The molecular formula is C12H13ClN4O3. The van der Waals surface area contributed by atoms with E-state index in [1.54, 1.807) is 12.1 Å². The zero-order chi connectivity index (χ0) is 14.1. The number of ether oxygens (including phenoxy) is 1. The smallest absolute Gasteiger partial charge is 0.398 e. The molecule has 0 unspecified atom stereocenters. The maximum Gasteiger partial charge on any atom is 0.439 e. The van der Waals surface area contributed by atoms with E-state index in [1.807, 2.05) is 0 Å². The highest BCUT2D eigenvalue weighted by Crippen LogP contribution is 2.35. The van der Waals surface area contributed by atoms with Gasteiger partial charge in [-0.2, -0.15) is 0 Å². The Labute approximate surface area is 119 Å². The molecule has 1 aliphatic heterocycles. The van der Waals surface area contributed by atoms with Crippen molar-refractivity contribution in [3.8, 4) is 11.4 Å². The highest BCUT2D eigenvalue weighted by atomic mass is 35.5. The van der Waals surface area contributed by atoms with Crippen LogP contribution in [-0.4, -0.2) is 36.4 Å².